The lowest BCUT2D eigenvalue weighted by atomic mass is 9.88. The zero-order valence-corrected chi connectivity index (χ0v) is 14.5. The van der Waals surface area contributed by atoms with Gasteiger partial charge in [-0.2, -0.15) is 13.2 Å². The maximum atomic E-state index is 12.5. The summed E-state index contributed by atoms with van der Waals surface area (Å²) in [6.45, 7) is -0.248. The number of carbonyl (C=O) groups is 3. The minimum atomic E-state index is -4.50. The molecule has 1 unspecified atom stereocenters. The molecule has 1 fully saturated rings. The highest BCUT2D eigenvalue weighted by Crippen LogP contribution is 2.31. The molecular formula is C17H19F3N2O5. The number of benzene rings is 1. The summed E-state index contributed by atoms with van der Waals surface area (Å²) in [4.78, 5) is 37.0. The Labute approximate surface area is 153 Å². The van der Waals surface area contributed by atoms with Crippen LogP contribution in [0.5, 0.6) is 0 Å². The van der Waals surface area contributed by atoms with E-state index in [-0.39, 0.29) is 38.2 Å². The van der Waals surface area contributed by atoms with Gasteiger partial charge in [-0.3, -0.25) is 14.4 Å². The van der Waals surface area contributed by atoms with E-state index in [1.807, 2.05) is 0 Å². The molecule has 0 spiro atoms. The first-order valence-corrected chi connectivity index (χ1v) is 8.05. The molecule has 1 saturated heterocycles. The number of rotatable bonds is 6. The number of nitrogens with one attached hydrogen (secondary N) is 1. The molecule has 27 heavy (non-hydrogen) atoms. The topological polar surface area (TPSA) is 95.9 Å². The van der Waals surface area contributed by atoms with Crippen molar-refractivity contribution in [2.24, 2.45) is 5.41 Å². The highest BCUT2D eigenvalue weighted by atomic mass is 19.4. The number of nitrogens with zero attached hydrogens (tertiary/aromatic N) is 1. The van der Waals surface area contributed by atoms with Gasteiger partial charge in [0.25, 0.3) is 5.91 Å². The van der Waals surface area contributed by atoms with Crippen LogP contribution in [0, 0.1) is 5.41 Å². The average molecular weight is 388 g/mol. The zero-order valence-electron chi connectivity index (χ0n) is 14.5. The smallest absolute Gasteiger partial charge is 0.416 e. The quantitative estimate of drug-likeness (QED) is 0.768. The molecule has 148 valence electrons. The van der Waals surface area contributed by atoms with E-state index in [1.165, 1.54) is 12.0 Å². The lowest BCUT2D eigenvalue weighted by Crippen LogP contribution is -2.43. The van der Waals surface area contributed by atoms with Crippen LogP contribution < -0.4 is 5.32 Å². The Morgan fingerprint density at radius 1 is 1.26 bits per heavy atom. The molecule has 2 amide bonds. The maximum absolute atomic E-state index is 12.5. The summed E-state index contributed by atoms with van der Waals surface area (Å²) < 4.78 is 42.5. The number of likely N-dealkylation sites (tertiary alicyclic amines) is 1. The van der Waals surface area contributed by atoms with Gasteiger partial charge in [-0.15, -0.1) is 0 Å². The van der Waals surface area contributed by atoms with E-state index in [1.54, 1.807) is 0 Å². The SMILES string of the molecule is COCC1(C(=O)O)CCN(C(=O)CNC(=O)c2ccc(C(F)(F)F)cc2)C1. The van der Waals surface area contributed by atoms with Gasteiger partial charge >= 0.3 is 12.1 Å². The van der Waals surface area contributed by atoms with E-state index in [4.69, 9.17) is 4.74 Å². The summed E-state index contributed by atoms with van der Waals surface area (Å²) in [5.74, 6) is -2.24. The van der Waals surface area contributed by atoms with Gasteiger partial charge < -0.3 is 20.1 Å². The van der Waals surface area contributed by atoms with Crippen molar-refractivity contribution >= 4 is 17.8 Å². The number of carboxylic acids is 1. The third-order valence-electron chi connectivity index (χ3n) is 4.46. The molecule has 7 nitrogen and oxygen atoms in total. The van der Waals surface area contributed by atoms with Gasteiger partial charge in [-0.25, -0.2) is 0 Å². The van der Waals surface area contributed by atoms with Gasteiger partial charge in [0.15, 0.2) is 0 Å². The summed E-state index contributed by atoms with van der Waals surface area (Å²) in [5.41, 5.74) is -2.08. The van der Waals surface area contributed by atoms with E-state index in [9.17, 15) is 32.7 Å². The van der Waals surface area contributed by atoms with Gasteiger partial charge in [0, 0.05) is 25.8 Å². The lowest BCUT2D eigenvalue weighted by Gasteiger charge is -2.23. The van der Waals surface area contributed by atoms with Crippen molar-refractivity contribution in [3.63, 3.8) is 0 Å². The molecule has 1 aliphatic heterocycles. The van der Waals surface area contributed by atoms with Crippen LogP contribution in [0.4, 0.5) is 13.2 Å². The minimum Gasteiger partial charge on any atom is -0.481 e. The fourth-order valence-electron chi connectivity index (χ4n) is 2.90. The predicted octanol–water partition coefficient (Wildman–Crippen LogP) is 1.38. The predicted molar refractivity (Wildman–Crippen MR) is 86.9 cm³/mol. The molecule has 2 rings (SSSR count). The molecule has 2 N–H and O–H groups in total. The number of amides is 2. The van der Waals surface area contributed by atoms with Gasteiger partial charge in [0.2, 0.25) is 5.91 Å². The highest BCUT2D eigenvalue weighted by molar-refractivity contribution is 5.96. The largest absolute Gasteiger partial charge is 0.481 e. The number of alkyl halides is 3. The van der Waals surface area contributed by atoms with Crippen molar-refractivity contribution in [3.05, 3.63) is 35.4 Å². The number of ether oxygens (including phenoxy) is 1. The molecule has 1 aromatic carbocycles. The Morgan fingerprint density at radius 2 is 1.89 bits per heavy atom. The van der Waals surface area contributed by atoms with E-state index in [0.717, 1.165) is 24.3 Å². The van der Waals surface area contributed by atoms with Crippen molar-refractivity contribution < 1.29 is 37.4 Å². The van der Waals surface area contributed by atoms with E-state index in [0.29, 0.717) is 0 Å². The number of hydrogen-bond acceptors (Lipinski definition) is 4. The third kappa shape index (κ3) is 4.76. The van der Waals surface area contributed by atoms with Crippen LogP contribution in [0.2, 0.25) is 0 Å². The Morgan fingerprint density at radius 3 is 2.41 bits per heavy atom. The standard InChI is InChI=1S/C17H19F3N2O5/c1-27-10-16(15(25)26)6-7-22(9-16)13(23)8-21-14(24)11-2-4-12(5-3-11)17(18,19)20/h2-5H,6-10H2,1H3,(H,21,24)(H,25,26). The lowest BCUT2D eigenvalue weighted by molar-refractivity contribution is -0.151. The second-order valence-electron chi connectivity index (χ2n) is 6.34. The molecule has 1 aliphatic rings. The minimum absolute atomic E-state index is 0.0171. The van der Waals surface area contributed by atoms with E-state index in [2.05, 4.69) is 5.32 Å². The summed E-state index contributed by atoms with van der Waals surface area (Å²) in [5, 5.41) is 11.7. The summed E-state index contributed by atoms with van der Waals surface area (Å²) in [7, 11) is 1.37. The Bertz CT molecular complexity index is 720. The van der Waals surface area contributed by atoms with E-state index >= 15 is 0 Å². The van der Waals surface area contributed by atoms with E-state index < -0.39 is 34.9 Å². The van der Waals surface area contributed by atoms with Crippen LogP contribution in [0.1, 0.15) is 22.3 Å². The van der Waals surface area contributed by atoms with Crippen LogP contribution in [0.25, 0.3) is 0 Å². The second-order valence-corrected chi connectivity index (χ2v) is 6.34. The van der Waals surface area contributed by atoms with Crippen molar-refractivity contribution in [1.82, 2.24) is 10.2 Å². The number of methoxy groups -OCH3 is 1. The average Bonchev–Trinajstić information content (AvgIpc) is 3.05. The van der Waals surface area contributed by atoms with Crippen LogP contribution in [0.15, 0.2) is 24.3 Å². The van der Waals surface area contributed by atoms with Crippen molar-refractivity contribution in [3.8, 4) is 0 Å². The molecule has 1 aromatic rings. The van der Waals surface area contributed by atoms with Crippen molar-refractivity contribution in [2.75, 3.05) is 33.4 Å². The van der Waals surface area contributed by atoms with Gasteiger partial charge in [0.05, 0.1) is 18.7 Å². The van der Waals surface area contributed by atoms with Gasteiger partial charge in [-0.05, 0) is 30.7 Å². The van der Waals surface area contributed by atoms with Gasteiger partial charge in [-0.1, -0.05) is 0 Å². The summed E-state index contributed by atoms with van der Waals surface area (Å²) in [6, 6.07) is 3.60. The van der Waals surface area contributed by atoms with Crippen molar-refractivity contribution in [1.29, 1.82) is 0 Å². The monoisotopic (exact) mass is 388 g/mol. The summed E-state index contributed by atoms with van der Waals surface area (Å²) in [6.07, 6.45) is -4.27. The molecule has 0 bridgehead atoms. The Balaban J connectivity index is 1.92. The molecule has 1 heterocycles. The fraction of sp³-hybridized carbons (Fsp3) is 0.471. The number of aliphatic carboxylic acids is 1. The van der Waals surface area contributed by atoms with Gasteiger partial charge in [0.1, 0.15) is 5.41 Å². The fourth-order valence-corrected chi connectivity index (χ4v) is 2.90. The Kier molecular flexibility index (Phi) is 6.09. The highest BCUT2D eigenvalue weighted by Gasteiger charge is 2.46. The molecule has 0 aromatic heterocycles. The zero-order chi connectivity index (χ0) is 20.2. The van der Waals surface area contributed by atoms with Crippen LogP contribution in [-0.4, -0.2) is 61.1 Å². The third-order valence-corrected chi connectivity index (χ3v) is 4.46. The molecule has 0 aliphatic carbocycles. The molecule has 10 heteroatoms. The second kappa shape index (κ2) is 7.95. The molecule has 0 saturated carbocycles. The number of carboxylic acid groups (broad SMARTS) is 1. The maximum Gasteiger partial charge on any atom is 0.416 e. The summed E-state index contributed by atoms with van der Waals surface area (Å²) >= 11 is 0. The molecular weight excluding hydrogens is 369 g/mol. The first-order valence-electron chi connectivity index (χ1n) is 8.05. The first-order chi connectivity index (χ1) is 12.6. The number of halogens is 3. The first kappa shape index (κ1) is 20.7. The van der Waals surface area contributed by atoms with Crippen LogP contribution in [0.3, 0.4) is 0 Å². The Hall–Kier alpha value is -2.62. The molecule has 0 radical (unpaired) electrons. The number of hydrogen-bond donors (Lipinski definition) is 2. The molecule has 1 atom stereocenters. The van der Waals surface area contributed by atoms with Crippen LogP contribution in [-0.2, 0) is 20.5 Å². The number of carbonyl (C=O) groups excluding carboxylic acids is 2. The van der Waals surface area contributed by atoms with Crippen LogP contribution >= 0.6 is 0 Å². The van der Waals surface area contributed by atoms with Crippen molar-refractivity contribution in [2.45, 2.75) is 12.6 Å². The normalized spacial score (nSPS) is 19.8.